The van der Waals surface area contributed by atoms with E-state index in [1.807, 2.05) is 20.8 Å². The number of nitrogen functional groups attached to an aromatic ring is 1. The Labute approximate surface area is 190 Å². The Morgan fingerprint density at radius 1 is 1.09 bits per heavy atom. The first kappa shape index (κ1) is 23.7. The molecule has 0 aliphatic rings. The van der Waals surface area contributed by atoms with Crippen molar-refractivity contribution in [1.82, 2.24) is 14.1 Å². The van der Waals surface area contributed by atoms with Gasteiger partial charge in [0.1, 0.15) is 5.82 Å². The molecule has 2 heterocycles. The minimum absolute atomic E-state index is 0.0558. The van der Waals surface area contributed by atoms with Gasteiger partial charge in [-0.3, -0.25) is 18.7 Å². The van der Waals surface area contributed by atoms with E-state index in [-0.39, 0.29) is 29.0 Å². The molecule has 0 saturated carbocycles. The second kappa shape index (κ2) is 8.53. The molecular weight excluding hydrogens is 426 g/mol. The third-order valence-electron chi connectivity index (χ3n) is 5.25. The van der Waals surface area contributed by atoms with Gasteiger partial charge in [0, 0.05) is 19.8 Å². The van der Waals surface area contributed by atoms with Gasteiger partial charge < -0.3 is 15.8 Å². The minimum atomic E-state index is -0.681. The van der Waals surface area contributed by atoms with E-state index < -0.39 is 28.5 Å². The Kier molecular flexibility index (Phi) is 6.13. The van der Waals surface area contributed by atoms with E-state index in [1.165, 1.54) is 30.8 Å². The zero-order chi connectivity index (χ0) is 24.7. The predicted octanol–water partition coefficient (Wildman–Crippen LogP) is 1.94. The SMILES string of the molecule is CCOC(=O)c1ccc(NC(=O)c2c(N)nc3c(c2C(C)(C)C)c(=O)n(C)c(=O)n3C)cc1. The number of carbonyl (C=O) groups excluding carboxylic acids is 2. The first-order valence-electron chi connectivity index (χ1n) is 10.4. The van der Waals surface area contributed by atoms with Crippen molar-refractivity contribution < 1.29 is 14.3 Å². The largest absolute Gasteiger partial charge is 0.462 e. The Morgan fingerprint density at radius 2 is 1.70 bits per heavy atom. The Bertz CT molecular complexity index is 1380. The third-order valence-corrected chi connectivity index (χ3v) is 5.25. The number of rotatable bonds is 4. The van der Waals surface area contributed by atoms with E-state index in [1.54, 1.807) is 19.1 Å². The van der Waals surface area contributed by atoms with Crippen LogP contribution in [-0.4, -0.2) is 32.6 Å². The summed E-state index contributed by atoms with van der Waals surface area (Å²) in [6.07, 6.45) is 0. The lowest BCUT2D eigenvalue weighted by atomic mass is 9.82. The Balaban J connectivity index is 2.17. The van der Waals surface area contributed by atoms with Crippen LogP contribution in [0.1, 0.15) is 54.0 Å². The Hall–Kier alpha value is -3.95. The van der Waals surface area contributed by atoms with Gasteiger partial charge in [0.15, 0.2) is 5.65 Å². The molecule has 10 heteroatoms. The molecular formula is C23H27N5O5. The number of aromatic nitrogens is 3. The average molecular weight is 453 g/mol. The third kappa shape index (κ3) is 4.23. The van der Waals surface area contributed by atoms with Crippen molar-refractivity contribution in [2.24, 2.45) is 14.1 Å². The zero-order valence-electron chi connectivity index (χ0n) is 19.5. The molecule has 0 radical (unpaired) electrons. The molecule has 0 unspecified atom stereocenters. The first-order valence-corrected chi connectivity index (χ1v) is 10.4. The summed E-state index contributed by atoms with van der Waals surface area (Å²) >= 11 is 0. The highest BCUT2D eigenvalue weighted by atomic mass is 16.5. The molecule has 2 aromatic heterocycles. The number of nitrogens with zero attached hydrogens (tertiary/aromatic N) is 3. The summed E-state index contributed by atoms with van der Waals surface area (Å²) in [4.78, 5) is 54.8. The summed E-state index contributed by atoms with van der Waals surface area (Å²) in [6.45, 7) is 7.50. The number of hydrogen-bond acceptors (Lipinski definition) is 7. The van der Waals surface area contributed by atoms with Gasteiger partial charge in [0.25, 0.3) is 11.5 Å². The van der Waals surface area contributed by atoms with Crippen LogP contribution in [0.15, 0.2) is 33.9 Å². The summed E-state index contributed by atoms with van der Waals surface area (Å²) in [7, 11) is 2.87. The van der Waals surface area contributed by atoms with Crippen LogP contribution in [0, 0.1) is 0 Å². The van der Waals surface area contributed by atoms with Crippen LogP contribution in [0.3, 0.4) is 0 Å². The van der Waals surface area contributed by atoms with Crippen LogP contribution < -0.4 is 22.3 Å². The molecule has 0 atom stereocenters. The highest BCUT2D eigenvalue weighted by Crippen LogP contribution is 2.33. The second-order valence-corrected chi connectivity index (χ2v) is 8.65. The molecule has 1 aromatic carbocycles. The number of nitrogens with one attached hydrogen (secondary N) is 1. The fourth-order valence-corrected chi connectivity index (χ4v) is 3.68. The fourth-order valence-electron chi connectivity index (χ4n) is 3.68. The summed E-state index contributed by atoms with van der Waals surface area (Å²) in [5.41, 5.74) is 5.73. The molecule has 3 aromatic rings. The van der Waals surface area contributed by atoms with E-state index >= 15 is 0 Å². The first-order chi connectivity index (χ1) is 15.4. The lowest BCUT2D eigenvalue weighted by molar-refractivity contribution is 0.0526. The second-order valence-electron chi connectivity index (χ2n) is 8.65. The number of fused-ring (bicyclic) bond motifs is 1. The molecule has 0 bridgehead atoms. The van der Waals surface area contributed by atoms with Crippen molar-refractivity contribution in [2.45, 2.75) is 33.1 Å². The van der Waals surface area contributed by atoms with E-state index in [0.717, 1.165) is 4.57 Å². The highest BCUT2D eigenvalue weighted by molar-refractivity contribution is 6.11. The number of esters is 1. The molecule has 174 valence electrons. The summed E-state index contributed by atoms with van der Waals surface area (Å²) in [5.74, 6) is -1.13. The summed E-state index contributed by atoms with van der Waals surface area (Å²) < 4.78 is 7.17. The van der Waals surface area contributed by atoms with Gasteiger partial charge in [-0.25, -0.2) is 14.6 Å². The molecule has 0 spiro atoms. The van der Waals surface area contributed by atoms with Gasteiger partial charge >= 0.3 is 11.7 Å². The number of nitrogens with two attached hydrogens (primary N) is 1. The Morgan fingerprint density at radius 3 is 2.24 bits per heavy atom. The highest BCUT2D eigenvalue weighted by Gasteiger charge is 2.31. The number of pyridine rings is 1. The van der Waals surface area contributed by atoms with Crippen LogP contribution in [0.25, 0.3) is 11.0 Å². The van der Waals surface area contributed by atoms with Crippen molar-refractivity contribution in [1.29, 1.82) is 0 Å². The van der Waals surface area contributed by atoms with Crippen molar-refractivity contribution in [2.75, 3.05) is 17.7 Å². The number of aryl methyl sites for hydroxylation is 1. The molecule has 3 rings (SSSR count). The van der Waals surface area contributed by atoms with E-state index in [9.17, 15) is 19.2 Å². The number of benzene rings is 1. The van der Waals surface area contributed by atoms with Gasteiger partial charge in [0.05, 0.1) is 23.1 Å². The maximum absolute atomic E-state index is 13.3. The zero-order valence-corrected chi connectivity index (χ0v) is 19.5. The lowest BCUT2D eigenvalue weighted by Gasteiger charge is -2.25. The van der Waals surface area contributed by atoms with Crippen molar-refractivity contribution in [3.05, 3.63) is 61.8 Å². The fraction of sp³-hybridized carbons (Fsp3) is 0.348. The van der Waals surface area contributed by atoms with Gasteiger partial charge in [-0.15, -0.1) is 0 Å². The van der Waals surface area contributed by atoms with Crippen LogP contribution in [0.5, 0.6) is 0 Å². The standard InChI is InChI=1S/C23H27N5O5/c1-7-33-21(31)12-8-10-13(11-9-12)25-19(29)14-16(23(2,3)4)15-18(26-17(14)24)27(5)22(32)28(6)20(15)30/h8-11H,7H2,1-6H3,(H2,24,26)(H,25,29). The number of carbonyl (C=O) groups is 2. The molecule has 0 aliphatic heterocycles. The van der Waals surface area contributed by atoms with Gasteiger partial charge in [0.2, 0.25) is 0 Å². The molecule has 10 nitrogen and oxygen atoms in total. The summed E-state index contributed by atoms with van der Waals surface area (Å²) in [6, 6.07) is 6.19. The van der Waals surface area contributed by atoms with E-state index in [4.69, 9.17) is 10.5 Å². The minimum Gasteiger partial charge on any atom is -0.462 e. The maximum Gasteiger partial charge on any atom is 0.338 e. The predicted molar refractivity (Wildman–Crippen MR) is 126 cm³/mol. The number of ether oxygens (including phenoxy) is 1. The molecule has 0 aliphatic carbocycles. The molecule has 33 heavy (non-hydrogen) atoms. The van der Waals surface area contributed by atoms with Crippen LogP contribution >= 0.6 is 0 Å². The van der Waals surface area contributed by atoms with Crippen LogP contribution in [-0.2, 0) is 24.2 Å². The van der Waals surface area contributed by atoms with Gasteiger partial charge in [-0.2, -0.15) is 0 Å². The number of anilines is 2. The number of hydrogen-bond donors (Lipinski definition) is 2. The van der Waals surface area contributed by atoms with E-state index in [0.29, 0.717) is 16.8 Å². The monoisotopic (exact) mass is 453 g/mol. The van der Waals surface area contributed by atoms with Gasteiger partial charge in [-0.05, 0) is 42.2 Å². The van der Waals surface area contributed by atoms with Crippen molar-refractivity contribution >= 4 is 34.4 Å². The number of amides is 1. The molecule has 3 N–H and O–H groups in total. The molecule has 0 fully saturated rings. The average Bonchev–Trinajstić information content (AvgIpc) is 2.75. The van der Waals surface area contributed by atoms with E-state index in [2.05, 4.69) is 10.3 Å². The van der Waals surface area contributed by atoms with Crippen molar-refractivity contribution in [3.8, 4) is 0 Å². The normalized spacial score (nSPS) is 11.5. The molecule has 1 amide bonds. The smallest absolute Gasteiger partial charge is 0.338 e. The van der Waals surface area contributed by atoms with Crippen molar-refractivity contribution in [3.63, 3.8) is 0 Å². The van der Waals surface area contributed by atoms with Gasteiger partial charge in [-0.1, -0.05) is 20.8 Å². The topological polar surface area (TPSA) is 138 Å². The van der Waals surface area contributed by atoms with Crippen LogP contribution in [0.2, 0.25) is 0 Å². The maximum atomic E-state index is 13.3. The molecule has 0 saturated heterocycles. The lowest BCUT2D eigenvalue weighted by Crippen LogP contribution is -2.39. The van der Waals surface area contributed by atoms with Crippen LogP contribution in [0.4, 0.5) is 11.5 Å². The quantitative estimate of drug-likeness (QED) is 0.576. The summed E-state index contributed by atoms with van der Waals surface area (Å²) in [5, 5.41) is 2.90.